The normalized spacial score (nSPS) is 14.9. The molecule has 3 rings (SSSR count). The van der Waals surface area contributed by atoms with Crippen LogP contribution >= 0.6 is 11.6 Å². The van der Waals surface area contributed by atoms with E-state index in [2.05, 4.69) is 10.2 Å². The van der Waals surface area contributed by atoms with Crippen molar-refractivity contribution in [2.24, 2.45) is 0 Å². The Morgan fingerprint density at radius 2 is 1.75 bits per heavy atom. The molecule has 1 fully saturated rings. The molecule has 1 heterocycles. The van der Waals surface area contributed by atoms with Crippen molar-refractivity contribution in [3.05, 3.63) is 53.1 Å². The average Bonchev–Trinajstić information content (AvgIpc) is 2.68. The Balaban J connectivity index is 1.82. The highest BCUT2D eigenvalue weighted by atomic mass is 35.5. The second kappa shape index (κ2) is 8.48. The maximum Gasteiger partial charge on any atom is 0.255 e. The lowest BCUT2D eigenvalue weighted by molar-refractivity contribution is 0.102. The molecule has 1 aliphatic rings. The first-order valence-corrected chi connectivity index (χ1v) is 10.6. The number of ether oxygens (including phenoxy) is 1. The molecule has 2 aromatic carbocycles. The van der Waals surface area contributed by atoms with E-state index >= 15 is 0 Å². The minimum absolute atomic E-state index is 0.130. The molecule has 0 aromatic heterocycles. The van der Waals surface area contributed by atoms with Crippen molar-refractivity contribution in [1.29, 1.82) is 0 Å². The van der Waals surface area contributed by atoms with Crippen molar-refractivity contribution in [1.82, 2.24) is 4.31 Å². The fourth-order valence-electron chi connectivity index (χ4n) is 2.87. The highest BCUT2D eigenvalue weighted by Gasteiger charge is 2.19. The number of nitrogens with one attached hydrogen (secondary N) is 1. The molecule has 1 amide bonds. The molecule has 2 aromatic rings. The Hall–Kier alpha value is -2.13. The van der Waals surface area contributed by atoms with Gasteiger partial charge in [0.05, 0.1) is 29.5 Å². The third kappa shape index (κ3) is 4.47. The fourth-order valence-corrected chi connectivity index (χ4v) is 3.95. The summed E-state index contributed by atoms with van der Waals surface area (Å²) in [6.45, 7) is 2.69. The molecule has 0 aliphatic carbocycles. The SMILES string of the molecule is CN(C)S(=O)(=O)c1ccc(C(=O)Nc2cc(Cl)ccc2N2CCOCC2)cc1. The van der Waals surface area contributed by atoms with Gasteiger partial charge in [-0.2, -0.15) is 0 Å². The largest absolute Gasteiger partial charge is 0.378 e. The summed E-state index contributed by atoms with van der Waals surface area (Å²) in [5.74, 6) is -0.342. The Morgan fingerprint density at radius 1 is 1.11 bits per heavy atom. The lowest BCUT2D eigenvalue weighted by Gasteiger charge is -2.30. The number of amides is 1. The van der Waals surface area contributed by atoms with Crippen molar-refractivity contribution in [2.75, 3.05) is 50.6 Å². The quantitative estimate of drug-likeness (QED) is 0.799. The lowest BCUT2D eigenvalue weighted by Crippen LogP contribution is -2.36. The summed E-state index contributed by atoms with van der Waals surface area (Å²) in [6.07, 6.45) is 0. The summed E-state index contributed by atoms with van der Waals surface area (Å²) in [4.78, 5) is 15.0. The van der Waals surface area contributed by atoms with Crippen LogP contribution < -0.4 is 10.2 Å². The number of nitrogens with zero attached hydrogens (tertiary/aromatic N) is 2. The molecule has 0 bridgehead atoms. The van der Waals surface area contributed by atoms with E-state index in [1.54, 1.807) is 12.1 Å². The van der Waals surface area contributed by atoms with Crippen LogP contribution in [0.15, 0.2) is 47.4 Å². The first-order chi connectivity index (χ1) is 13.3. The van der Waals surface area contributed by atoms with Crippen LogP contribution in [0.4, 0.5) is 11.4 Å². The summed E-state index contributed by atoms with van der Waals surface area (Å²) in [7, 11) is -0.618. The van der Waals surface area contributed by atoms with Crippen LogP contribution in [0.5, 0.6) is 0 Å². The van der Waals surface area contributed by atoms with Crippen LogP contribution in [0.25, 0.3) is 0 Å². The lowest BCUT2D eigenvalue weighted by atomic mass is 10.2. The first kappa shape index (κ1) is 20.6. The summed E-state index contributed by atoms with van der Waals surface area (Å²) in [6, 6.07) is 11.2. The van der Waals surface area contributed by atoms with Gasteiger partial charge in [0.15, 0.2) is 0 Å². The van der Waals surface area contributed by atoms with Crippen LogP contribution in [0.2, 0.25) is 5.02 Å². The number of hydrogen-bond donors (Lipinski definition) is 1. The van der Waals surface area contributed by atoms with Gasteiger partial charge in [-0.05, 0) is 42.5 Å². The third-order valence-electron chi connectivity index (χ3n) is 4.45. The molecule has 28 heavy (non-hydrogen) atoms. The van der Waals surface area contributed by atoms with E-state index in [1.165, 1.54) is 38.4 Å². The molecule has 9 heteroatoms. The van der Waals surface area contributed by atoms with Gasteiger partial charge >= 0.3 is 0 Å². The summed E-state index contributed by atoms with van der Waals surface area (Å²) < 4.78 is 30.8. The number of carbonyl (C=O) groups is 1. The Bertz CT molecular complexity index is 956. The predicted molar refractivity (Wildman–Crippen MR) is 110 cm³/mol. The number of carbonyl (C=O) groups excluding carboxylic acids is 1. The van der Waals surface area contributed by atoms with Gasteiger partial charge in [-0.1, -0.05) is 11.6 Å². The Kier molecular flexibility index (Phi) is 6.24. The molecule has 0 radical (unpaired) electrons. The van der Waals surface area contributed by atoms with Crippen molar-refractivity contribution < 1.29 is 17.9 Å². The van der Waals surface area contributed by atoms with Gasteiger partial charge in [-0.3, -0.25) is 4.79 Å². The number of hydrogen-bond acceptors (Lipinski definition) is 5. The number of halogens is 1. The second-order valence-corrected chi connectivity index (χ2v) is 9.12. The monoisotopic (exact) mass is 423 g/mol. The van der Waals surface area contributed by atoms with E-state index < -0.39 is 10.0 Å². The number of benzene rings is 2. The minimum atomic E-state index is -3.54. The second-order valence-electron chi connectivity index (χ2n) is 6.53. The molecule has 0 atom stereocenters. The first-order valence-electron chi connectivity index (χ1n) is 8.75. The van der Waals surface area contributed by atoms with E-state index in [0.717, 1.165) is 23.1 Å². The van der Waals surface area contributed by atoms with Crippen LogP contribution in [0.3, 0.4) is 0 Å². The van der Waals surface area contributed by atoms with E-state index in [0.29, 0.717) is 29.5 Å². The smallest absolute Gasteiger partial charge is 0.255 e. The molecule has 1 saturated heterocycles. The van der Waals surface area contributed by atoms with Crippen LogP contribution in [0.1, 0.15) is 10.4 Å². The van der Waals surface area contributed by atoms with Crippen LogP contribution in [0, 0.1) is 0 Å². The number of morpholine rings is 1. The average molecular weight is 424 g/mol. The minimum Gasteiger partial charge on any atom is -0.378 e. The highest BCUT2D eigenvalue weighted by Crippen LogP contribution is 2.30. The van der Waals surface area contributed by atoms with Gasteiger partial charge in [0.2, 0.25) is 10.0 Å². The van der Waals surface area contributed by atoms with Crippen molar-refractivity contribution >= 4 is 38.9 Å². The summed E-state index contributed by atoms with van der Waals surface area (Å²) >= 11 is 6.12. The highest BCUT2D eigenvalue weighted by molar-refractivity contribution is 7.89. The predicted octanol–water partition coefficient (Wildman–Crippen LogP) is 2.68. The van der Waals surface area contributed by atoms with E-state index in [4.69, 9.17) is 16.3 Å². The molecule has 0 saturated carbocycles. The fraction of sp³-hybridized carbons (Fsp3) is 0.316. The molecule has 150 valence electrons. The van der Waals surface area contributed by atoms with Gasteiger partial charge in [0, 0.05) is 37.8 Å². The van der Waals surface area contributed by atoms with Crippen molar-refractivity contribution in [3.8, 4) is 0 Å². The van der Waals surface area contributed by atoms with Gasteiger partial charge in [-0.25, -0.2) is 12.7 Å². The van der Waals surface area contributed by atoms with Gasteiger partial charge in [0.1, 0.15) is 0 Å². The van der Waals surface area contributed by atoms with E-state index in [-0.39, 0.29) is 10.8 Å². The number of anilines is 2. The molecule has 7 nitrogen and oxygen atoms in total. The summed E-state index contributed by atoms with van der Waals surface area (Å²) in [5, 5.41) is 3.39. The molecule has 0 unspecified atom stereocenters. The zero-order chi connectivity index (χ0) is 20.3. The maximum absolute atomic E-state index is 12.7. The number of sulfonamides is 1. The molecule has 1 aliphatic heterocycles. The molecule has 0 spiro atoms. The van der Waals surface area contributed by atoms with Crippen LogP contribution in [-0.2, 0) is 14.8 Å². The number of rotatable bonds is 5. The topological polar surface area (TPSA) is 79.0 Å². The van der Waals surface area contributed by atoms with Gasteiger partial charge in [-0.15, -0.1) is 0 Å². The van der Waals surface area contributed by atoms with Gasteiger partial charge in [0.25, 0.3) is 5.91 Å². The van der Waals surface area contributed by atoms with Crippen molar-refractivity contribution in [3.63, 3.8) is 0 Å². The molecule has 1 N–H and O–H groups in total. The Morgan fingerprint density at radius 3 is 2.36 bits per heavy atom. The van der Waals surface area contributed by atoms with E-state index in [1.807, 2.05) is 6.07 Å². The Labute approximate surface area is 169 Å². The van der Waals surface area contributed by atoms with Crippen LogP contribution in [-0.4, -0.2) is 59.0 Å². The molecular weight excluding hydrogens is 402 g/mol. The standard InChI is InChI=1S/C19H22ClN3O4S/c1-22(2)28(25,26)16-6-3-14(4-7-16)19(24)21-17-13-15(20)5-8-18(17)23-9-11-27-12-10-23/h3-8,13H,9-12H2,1-2H3,(H,21,24). The third-order valence-corrected chi connectivity index (χ3v) is 6.52. The molecular formula is C19H22ClN3O4S. The van der Waals surface area contributed by atoms with Crippen molar-refractivity contribution in [2.45, 2.75) is 4.90 Å². The zero-order valence-electron chi connectivity index (χ0n) is 15.7. The maximum atomic E-state index is 12.7. The zero-order valence-corrected chi connectivity index (χ0v) is 17.3. The van der Waals surface area contributed by atoms with E-state index in [9.17, 15) is 13.2 Å². The summed E-state index contributed by atoms with van der Waals surface area (Å²) in [5.41, 5.74) is 1.82. The van der Waals surface area contributed by atoms with Gasteiger partial charge < -0.3 is 15.0 Å².